The monoisotopic (exact) mass is 233 g/mol. The Morgan fingerprint density at radius 3 is 1.27 bits per heavy atom. The smallest absolute Gasteiger partial charge is 0.344 e. The van der Waals surface area contributed by atoms with Crippen LogP contribution >= 0.6 is 0 Å². The Morgan fingerprint density at radius 2 is 1.27 bits per heavy atom. The molecule has 0 atom stereocenters. The predicted octanol–water partition coefficient (Wildman–Crippen LogP) is 2.27. The van der Waals surface area contributed by atoms with Crippen LogP contribution in [0.1, 0.15) is 33.1 Å². The maximum atomic E-state index is 8.12. The first kappa shape index (κ1) is 22.5. The first-order valence-corrected chi connectivity index (χ1v) is 3.32. The molecule has 0 aromatic rings. The van der Waals surface area contributed by atoms with E-state index in [1.165, 1.54) is 6.42 Å². The predicted molar refractivity (Wildman–Crippen MR) is 40.9 cm³/mol. The van der Waals surface area contributed by atoms with Crippen LogP contribution in [0.2, 0.25) is 0 Å². The van der Waals surface area contributed by atoms with Crippen LogP contribution < -0.4 is 0 Å². The minimum absolute atomic E-state index is 0. The Balaban J connectivity index is -0.0000000325. The third kappa shape index (κ3) is 343. The molecule has 0 spiro atoms. The van der Waals surface area contributed by atoms with E-state index in [2.05, 4.69) is 20.8 Å². The van der Waals surface area contributed by atoms with Crippen molar-refractivity contribution >= 4 is 6.15 Å². The van der Waals surface area contributed by atoms with Crippen LogP contribution in [-0.2, 0) is 42.3 Å². The SMILES string of the molecule is O=C=O.[CH2-]CC.[CH2-]CCC.[Y]. The van der Waals surface area contributed by atoms with Crippen LogP contribution in [0.3, 0.4) is 0 Å². The number of hydrogen-bond acceptors (Lipinski definition) is 2. The van der Waals surface area contributed by atoms with Gasteiger partial charge in [-0.25, -0.2) is 0 Å². The van der Waals surface area contributed by atoms with Crippen LogP contribution in [0.15, 0.2) is 0 Å². The molecule has 0 saturated carbocycles. The van der Waals surface area contributed by atoms with Gasteiger partial charge in [-0.15, -0.1) is 0 Å². The normalized spacial score (nSPS) is 5.09. The molecule has 0 aliphatic rings. The van der Waals surface area contributed by atoms with Crippen LogP contribution in [0.4, 0.5) is 0 Å². The molecule has 11 heavy (non-hydrogen) atoms. The Kier molecular flexibility index (Phi) is 96.1. The molecule has 3 heteroatoms. The number of carbonyl (C=O) groups excluding carboxylic acids is 2. The third-order valence-electron chi connectivity index (χ3n) is 0.354. The average Bonchev–Trinajstić information content (AvgIpc) is 1.91. The van der Waals surface area contributed by atoms with Crippen molar-refractivity contribution in [3.05, 3.63) is 13.8 Å². The van der Waals surface area contributed by atoms with Gasteiger partial charge in [0.05, 0.1) is 0 Å². The standard InChI is InChI=1S/C4H9.C3H7.CO2.Y/c1-3-4-2;1-3-2;2-1-3;/h1,3-4H2,2H3;1,3H2,2H3;;/q2*-1;;. The van der Waals surface area contributed by atoms with Crippen LogP contribution in [0, 0.1) is 13.8 Å². The molecule has 0 heterocycles. The molecule has 0 bridgehead atoms. The Hall–Kier alpha value is 0.484. The van der Waals surface area contributed by atoms with Crippen LogP contribution in [0.25, 0.3) is 0 Å². The number of unbranched alkanes of at least 4 members (excludes halogenated alkanes) is 1. The minimum Gasteiger partial charge on any atom is -0.344 e. The summed E-state index contributed by atoms with van der Waals surface area (Å²) in [7, 11) is 0. The van der Waals surface area contributed by atoms with Gasteiger partial charge in [0.25, 0.3) is 0 Å². The quantitative estimate of drug-likeness (QED) is 0.651. The molecular formula is C8H16O2Y-2. The van der Waals surface area contributed by atoms with Gasteiger partial charge in [-0.3, -0.25) is 0 Å². The van der Waals surface area contributed by atoms with Gasteiger partial charge < -0.3 is 13.8 Å². The molecule has 0 fully saturated rings. The van der Waals surface area contributed by atoms with E-state index in [0.717, 1.165) is 12.8 Å². The zero-order chi connectivity index (χ0) is 8.83. The summed E-state index contributed by atoms with van der Waals surface area (Å²) in [6.45, 7) is 11.2. The van der Waals surface area contributed by atoms with Crippen molar-refractivity contribution in [2.24, 2.45) is 0 Å². The van der Waals surface area contributed by atoms with E-state index in [0.29, 0.717) is 0 Å². The van der Waals surface area contributed by atoms with Gasteiger partial charge in [0, 0.05) is 32.7 Å². The summed E-state index contributed by atoms with van der Waals surface area (Å²) in [5.41, 5.74) is 0. The third-order valence-corrected chi connectivity index (χ3v) is 0.354. The van der Waals surface area contributed by atoms with Crippen molar-refractivity contribution in [3.63, 3.8) is 0 Å². The summed E-state index contributed by atoms with van der Waals surface area (Å²) < 4.78 is 0. The summed E-state index contributed by atoms with van der Waals surface area (Å²) in [6, 6.07) is 0. The zero-order valence-corrected chi connectivity index (χ0v) is 10.3. The molecule has 1 radical (unpaired) electrons. The van der Waals surface area contributed by atoms with Crippen LogP contribution in [0.5, 0.6) is 0 Å². The van der Waals surface area contributed by atoms with Crippen LogP contribution in [-0.4, -0.2) is 6.15 Å². The fraction of sp³-hybridized carbons (Fsp3) is 0.625. The molecule has 0 amide bonds. The number of hydrogen-bond donors (Lipinski definition) is 0. The molecule has 0 unspecified atom stereocenters. The summed E-state index contributed by atoms with van der Waals surface area (Å²) in [5, 5.41) is 0. The van der Waals surface area contributed by atoms with Crippen molar-refractivity contribution in [1.29, 1.82) is 0 Å². The molecule has 2 nitrogen and oxygen atoms in total. The Labute approximate surface area is 95.0 Å². The van der Waals surface area contributed by atoms with Gasteiger partial charge in [-0.2, -0.15) is 22.4 Å². The largest absolute Gasteiger partial charge is 0.373 e. The molecule has 0 aliphatic heterocycles. The molecule has 0 saturated heterocycles. The summed E-state index contributed by atoms with van der Waals surface area (Å²) in [4.78, 5) is 16.2. The van der Waals surface area contributed by atoms with Gasteiger partial charge in [0.15, 0.2) is 0 Å². The van der Waals surface area contributed by atoms with Gasteiger partial charge in [0.1, 0.15) is 0 Å². The van der Waals surface area contributed by atoms with E-state index in [1.54, 1.807) is 0 Å². The van der Waals surface area contributed by atoms with E-state index in [4.69, 9.17) is 9.59 Å². The van der Waals surface area contributed by atoms with Gasteiger partial charge in [0.2, 0.25) is 0 Å². The first-order chi connectivity index (χ1) is 4.74. The fourth-order valence-electron chi connectivity index (χ4n) is 0. The molecular weight excluding hydrogens is 217 g/mol. The second kappa shape index (κ2) is 46.9. The van der Waals surface area contributed by atoms with E-state index >= 15 is 0 Å². The van der Waals surface area contributed by atoms with Crippen molar-refractivity contribution in [3.8, 4) is 0 Å². The Morgan fingerprint density at radius 1 is 1.18 bits per heavy atom. The van der Waals surface area contributed by atoms with E-state index in [9.17, 15) is 0 Å². The first-order valence-electron chi connectivity index (χ1n) is 3.32. The molecule has 0 N–H and O–H groups in total. The maximum absolute atomic E-state index is 8.12. The summed E-state index contributed by atoms with van der Waals surface area (Å²) in [6.07, 6.45) is 3.53. The second-order valence-electron chi connectivity index (χ2n) is 1.44. The van der Waals surface area contributed by atoms with Crippen molar-refractivity contribution in [2.75, 3.05) is 0 Å². The second-order valence-corrected chi connectivity index (χ2v) is 1.44. The minimum atomic E-state index is 0. The van der Waals surface area contributed by atoms with Crippen molar-refractivity contribution in [2.45, 2.75) is 33.1 Å². The molecule has 0 aliphatic carbocycles. The van der Waals surface area contributed by atoms with Crippen molar-refractivity contribution < 1.29 is 42.3 Å². The fourth-order valence-corrected chi connectivity index (χ4v) is 0. The van der Waals surface area contributed by atoms with Gasteiger partial charge >= 0.3 is 6.15 Å². The van der Waals surface area contributed by atoms with E-state index < -0.39 is 0 Å². The van der Waals surface area contributed by atoms with E-state index in [-0.39, 0.29) is 38.9 Å². The topological polar surface area (TPSA) is 34.1 Å². The van der Waals surface area contributed by atoms with Gasteiger partial charge in [-0.05, 0) is 0 Å². The molecule has 0 aromatic carbocycles. The van der Waals surface area contributed by atoms with Gasteiger partial charge in [-0.1, -0.05) is 20.3 Å². The van der Waals surface area contributed by atoms with Crippen molar-refractivity contribution in [1.82, 2.24) is 0 Å². The number of rotatable bonds is 1. The summed E-state index contributed by atoms with van der Waals surface area (Å²) in [5.74, 6) is 0. The molecule has 0 rings (SSSR count). The zero-order valence-electron chi connectivity index (χ0n) is 7.43. The molecule has 0 aromatic heterocycles. The van der Waals surface area contributed by atoms with E-state index in [1.807, 2.05) is 6.92 Å². The Bertz CT molecular complexity index is 57.1. The molecule has 65 valence electrons. The average molecular weight is 233 g/mol. The summed E-state index contributed by atoms with van der Waals surface area (Å²) >= 11 is 0. The maximum Gasteiger partial charge on any atom is 0.373 e.